The minimum absolute atomic E-state index is 0.219. The second-order valence-electron chi connectivity index (χ2n) is 4.16. The van der Waals surface area contributed by atoms with Crippen LogP contribution >= 0.6 is 0 Å². The summed E-state index contributed by atoms with van der Waals surface area (Å²) in [5.41, 5.74) is 11.3. The number of benzene rings is 1. The van der Waals surface area contributed by atoms with Gasteiger partial charge < -0.3 is 10.7 Å². The molecule has 0 aliphatic heterocycles. The van der Waals surface area contributed by atoms with Crippen molar-refractivity contribution < 1.29 is 0 Å². The lowest BCUT2D eigenvalue weighted by atomic mass is 10.1. The first-order chi connectivity index (χ1) is 6.77. The molecule has 72 valence electrons. The second-order valence-corrected chi connectivity index (χ2v) is 4.16. The van der Waals surface area contributed by atoms with Crippen molar-refractivity contribution in [2.24, 2.45) is 5.73 Å². The Bertz CT molecular complexity index is 496. The number of rotatable bonds is 0. The van der Waals surface area contributed by atoms with Crippen LogP contribution in [-0.2, 0) is 6.42 Å². The maximum absolute atomic E-state index is 6.03. The van der Waals surface area contributed by atoms with Crippen molar-refractivity contribution in [3.63, 3.8) is 0 Å². The molecule has 1 atom stereocenters. The molecule has 0 fully saturated rings. The van der Waals surface area contributed by atoms with Crippen LogP contribution in [-0.4, -0.2) is 4.98 Å². The molecule has 0 bridgehead atoms. The zero-order valence-electron chi connectivity index (χ0n) is 8.30. The van der Waals surface area contributed by atoms with E-state index in [9.17, 15) is 0 Å². The van der Waals surface area contributed by atoms with E-state index in [1.165, 1.54) is 27.7 Å². The van der Waals surface area contributed by atoms with Gasteiger partial charge in [0, 0.05) is 22.6 Å². The van der Waals surface area contributed by atoms with E-state index in [1.807, 2.05) is 0 Å². The molecule has 1 heterocycles. The smallest absolute Gasteiger partial charge is 0.0462 e. The molecule has 1 unspecified atom stereocenters. The van der Waals surface area contributed by atoms with Crippen LogP contribution in [0, 0.1) is 6.92 Å². The van der Waals surface area contributed by atoms with Crippen molar-refractivity contribution in [3.8, 4) is 0 Å². The first-order valence-electron chi connectivity index (χ1n) is 5.13. The molecule has 1 aliphatic carbocycles. The van der Waals surface area contributed by atoms with E-state index in [4.69, 9.17) is 5.73 Å². The summed E-state index contributed by atoms with van der Waals surface area (Å²) in [4.78, 5) is 3.44. The van der Waals surface area contributed by atoms with Gasteiger partial charge in [0.25, 0.3) is 0 Å². The minimum atomic E-state index is 0.219. The van der Waals surface area contributed by atoms with Crippen LogP contribution in [0.25, 0.3) is 10.9 Å². The van der Waals surface area contributed by atoms with E-state index in [1.54, 1.807) is 0 Å². The molecule has 1 aromatic carbocycles. The SMILES string of the molecule is Cc1cccc2[nH]c3c(c12)CCC3N. The lowest BCUT2D eigenvalue weighted by Crippen LogP contribution is -2.05. The highest BCUT2D eigenvalue weighted by atomic mass is 14.8. The molecule has 3 N–H and O–H groups in total. The molecule has 1 aromatic heterocycles. The largest absolute Gasteiger partial charge is 0.357 e. The van der Waals surface area contributed by atoms with E-state index in [0.717, 1.165) is 12.8 Å². The zero-order valence-corrected chi connectivity index (χ0v) is 8.30. The van der Waals surface area contributed by atoms with Gasteiger partial charge in [-0.15, -0.1) is 0 Å². The summed E-state index contributed by atoms with van der Waals surface area (Å²) in [7, 11) is 0. The summed E-state index contributed by atoms with van der Waals surface area (Å²) in [6, 6.07) is 6.61. The molecule has 14 heavy (non-hydrogen) atoms. The van der Waals surface area contributed by atoms with Crippen molar-refractivity contribution in [2.45, 2.75) is 25.8 Å². The van der Waals surface area contributed by atoms with Crippen molar-refractivity contribution >= 4 is 10.9 Å². The Morgan fingerprint density at radius 1 is 1.43 bits per heavy atom. The maximum atomic E-state index is 6.03. The lowest BCUT2D eigenvalue weighted by Gasteiger charge is -1.99. The van der Waals surface area contributed by atoms with E-state index >= 15 is 0 Å². The molecular weight excluding hydrogens is 172 g/mol. The highest BCUT2D eigenvalue weighted by molar-refractivity contribution is 5.88. The van der Waals surface area contributed by atoms with Gasteiger partial charge in [-0.3, -0.25) is 0 Å². The van der Waals surface area contributed by atoms with Crippen LogP contribution in [0.2, 0.25) is 0 Å². The number of nitrogens with two attached hydrogens (primary N) is 1. The number of nitrogens with one attached hydrogen (secondary N) is 1. The van der Waals surface area contributed by atoms with Crippen molar-refractivity contribution in [1.82, 2.24) is 4.98 Å². The number of aromatic amines is 1. The van der Waals surface area contributed by atoms with Crippen molar-refractivity contribution in [2.75, 3.05) is 0 Å². The minimum Gasteiger partial charge on any atom is -0.357 e. The van der Waals surface area contributed by atoms with Crippen LogP contribution in [0.5, 0.6) is 0 Å². The summed E-state index contributed by atoms with van der Waals surface area (Å²) in [6.07, 6.45) is 2.22. The number of hydrogen-bond acceptors (Lipinski definition) is 1. The molecule has 2 aromatic rings. The molecule has 0 radical (unpaired) electrons. The van der Waals surface area contributed by atoms with E-state index in [0.29, 0.717) is 0 Å². The third-order valence-electron chi connectivity index (χ3n) is 3.25. The van der Waals surface area contributed by atoms with Gasteiger partial charge in [0.05, 0.1) is 0 Å². The van der Waals surface area contributed by atoms with E-state index in [-0.39, 0.29) is 6.04 Å². The average molecular weight is 186 g/mol. The quantitative estimate of drug-likeness (QED) is 0.652. The lowest BCUT2D eigenvalue weighted by molar-refractivity contribution is 0.699. The van der Waals surface area contributed by atoms with Crippen molar-refractivity contribution in [3.05, 3.63) is 35.0 Å². The normalized spacial score (nSPS) is 20.3. The molecule has 0 saturated carbocycles. The number of aryl methyl sites for hydroxylation is 2. The summed E-state index contributed by atoms with van der Waals surface area (Å²) in [5, 5.41) is 1.40. The monoisotopic (exact) mass is 186 g/mol. The predicted octanol–water partition coefficient (Wildman–Crippen LogP) is 2.42. The average Bonchev–Trinajstić information content (AvgIpc) is 2.68. The Morgan fingerprint density at radius 2 is 2.29 bits per heavy atom. The topological polar surface area (TPSA) is 41.8 Å². The van der Waals surface area contributed by atoms with Gasteiger partial charge in [-0.1, -0.05) is 12.1 Å². The van der Waals surface area contributed by atoms with Gasteiger partial charge in [-0.05, 0) is 37.0 Å². The van der Waals surface area contributed by atoms with E-state index < -0.39 is 0 Å². The molecule has 0 amide bonds. The van der Waals surface area contributed by atoms with Crippen LogP contribution in [0.15, 0.2) is 18.2 Å². The van der Waals surface area contributed by atoms with Crippen LogP contribution in [0.1, 0.15) is 29.3 Å². The molecule has 0 spiro atoms. The Labute approximate surface area is 83.1 Å². The van der Waals surface area contributed by atoms with Crippen LogP contribution in [0.3, 0.4) is 0 Å². The first kappa shape index (κ1) is 8.06. The van der Waals surface area contributed by atoms with E-state index in [2.05, 4.69) is 30.1 Å². The summed E-state index contributed by atoms with van der Waals surface area (Å²) < 4.78 is 0. The fourth-order valence-corrected chi connectivity index (χ4v) is 2.55. The van der Waals surface area contributed by atoms with Gasteiger partial charge >= 0.3 is 0 Å². The Balaban J connectivity index is 2.41. The number of H-pyrrole nitrogens is 1. The molecule has 3 rings (SSSR count). The Morgan fingerprint density at radius 3 is 3.14 bits per heavy atom. The molecule has 1 aliphatic rings. The summed E-state index contributed by atoms with van der Waals surface area (Å²) in [5.74, 6) is 0. The number of fused-ring (bicyclic) bond motifs is 3. The fourth-order valence-electron chi connectivity index (χ4n) is 2.55. The predicted molar refractivity (Wildman–Crippen MR) is 58.3 cm³/mol. The highest BCUT2D eigenvalue weighted by Gasteiger charge is 2.23. The number of hydrogen-bond donors (Lipinski definition) is 2. The van der Waals surface area contributed by atoms with Crippen molar-refractivity contribution in [1.29, 1.82) is 0 Å². The standard InChI is InChI=1S/C12H14N2/c1-7-3-2-4-10-11(7)8-5-6-9(13)12(8)14-10/h2-4,9,14H,5-6,13H2,1H3. The Hall–Kier alpha value is -1.28. The van der Waals surface area contributed by atoms with Gasteiger partial charge in [0.2, 0.25) is 0 Å². The van der Waals surface area contributed by atoms with Gasteiger partial charge in [0.15, 0.2) is 0 Å². The fraction of sp³-hybridized carbons (Fsp3) is 0.333. The summed E-state index contributed by atoms with van der Waals surface area (Å²) in [6.45, 7) is 2.17. The molecular formula is C12H14N2. The van der Waals surface area contributed by atoms with Gasteiger partial charge in [-0.2, -0.15) is 0 Å². The molecule has 0 saturated heterocycles. The second kappa shape index (κ2) is 2.61. The summed E-state index contributed by atoms with van der Waals surface area (Å²) >= 11 is 0. The van der Waals surface area contributed by atoms with Crippen LogP contribution in [0.4, 0.5) is 0 Å². The Kier molecular flexibility index (Phi) is 1.50. The van der Waals surface area contributed by atoms with Gasteiger partial charge in [0.1, 0.15) is 0 Å². The highest BCUT2D eigenvalue weighted by Crippen LogP contribution is 2.35. The number of aromatic nitrogens is 1. The third kappa shape index (κ3) is 0.891. The first-order valence-corrected chi connectivity index (χ1v) is 5.13. The zero-order chi connectivity index (χ0) is 9.71. The van der Waals surface area contributed by atoms with Gasteiger partial charge in [-0.25, -0.2) is 0 Å². The molecule has 2 heteroatoms. The third-order valence-corrected chi connectivity index (χ3v) is 3.25. The maximum Gasteiger partial charge on any atom is 0.0462 e. The van der Waals surface area contributed by atoms with Crippen LogP contribution < -0.4 is 5.73 Å². The molecule has 2 nitrogen and oxygen atoms in total.